The Morgan fingerprint density at radius 1 is 1.22 bits per heavy atom. The molecule has 12 heteroatoms. The van der Waals surface area contributed by atoms with Gasteiger partial charge in [0.2, 0.25) is 5.95 Å². The molecule has 1 aliphatic rings. The molecule has 1 saturated heterocycles. The van der Waals surface area contributed by atoms with Crippen molar-refractivity contribution in [2.45, 2.75) is 13.0 Å². The summed E-state index contributed by atoms with van der Waals surface area (Å²) >= 11 is 1.58. The van der Waals surface area contributed by atoms with E-state index in [1.165, 1.54) is 0 Å². The maximum absolute atomic E-state index is 12.6. The van der Waals surface area contributed by atoms with Gasteiger partial charge in [0.05, 0.1) is 41.7 Å². The maximum Gasteiger partial charge on any atom is 0.251 e. The van der Waals surface area contributed by atoms with Gasteiger partial charge in [-0.1, -0.05) is 12.1 Å². The van der Waals surface area contributed by atoms with E-state index in [2.05, 4.69) is 20.2 Å². The lowest BCUT2D eigenvalue weighted by Gasteiger charge is -2.28. The highest BCUT2D eigenvalue weighted by atomic mass is 32.1. The molecule has 0 saturated carbocycles. The number of nitrogens with one attached hydrogen (secondary N) is 1. The van der Waals surface area contributed by atoms with Gasteiger partial charge < -0.3 is 30.9 Å². The number of aromatic nitrogens is 4. The molecule has 1 aromatic carbocycles. The Morgan fingerprint density at radius 3 is 2.70 bits per heavy atom. The van der Waals surface area contributed by atoms with Crippen molar-refractivity contribution in [2.24, 2.45) is 0 Å². The fourth-order valence-corrected chi connectivity index (χ4v) is 5.36. The summed E-state index contributed by atoms with van der Waals surface area (Å²) in [6, 6.07) is 7.30. The number of amides is 1. The highest BCUT2D eigenvalue weighted by Crippen LogP contribution is 2.42. The molecule has 11 nitrogen and oxygen atoms in total. The van der Waals surface area contributed by atoms with E-state index < -0.39 is 12.7 Å². The Bertz CT molecular complexity index is 1420. The number of hydrogen-bond acceptors (Lipinski definition) is 11. The zero-order valence-electron chi connectivity index (χ0n) is 20.2. The van der Waals surface area contributed by atoms with E-state index in [-0.39, 0.29) is 18.4 Å². The van der Waals surface area contributed by atoms with E-state index in [1.807, 2.05) is 25.1 Å². The first-order valence-corrected chi connectivity index (χ1v) is 12.7. The van der Waals surface area contributed by atoms with Crippen LogP contribution in [0.1, 0.15) is 15.9 Å². The number of aryl methyl sites for hydroxylation is 1. The lowest BCUT2D eigenvalue weighted by Crippen LogP contribution is -2.36. The Balaban J connectivity index is 1.58. The summed E-state index contributed by atoms with van der Waals surface area (Å²) in [6.45, 7) is 4.22. The molecule has 5 rings (SSSR count). The maximum atomic E-state index is 12.6. The van der Waals surface area contributed by atoms with Gasteiger partial charge in [-0.25, -0.2) is 19.9 Å². The largest absolute Gasteiger partial charge is 0.394 e. The first kappa shape index (κ1) is 25.0. The van der Waals surface area contributed by atoms with Crippen LogP contribution in [-0.4, -0.2) is 81.6 Å². The molecule has 0 aliphatic carbocycles. The second kappa shape index (κ2) is 10.7. The summed E-state index contributed by atoms with van der Waals surface area (Å²) in [7, 11) is 0. The van der Waals surface area contributed by atoms with Crippen LogP contribution in [0, 0.1) is 6.92 Å². The number of carbonyl (C=O) groups excluding carboxylic acids is 1. The van der Waals surface area contributed by atoms with Gasteiger partial charge in [0.15, 0.2) is 11.6 Å². The smallest absolute Gasteiger partial charge is 0.251 e. The number of anilines is 2. The Hall–Kier alpha value is -3.71. The van der Waals surface area contributed by atoms with Gasteiger partial charge in [-0.3, -0.25) is 4.79 Å². The van der Waals surface area contributed by atoms with E-state index in [4.69, 9.17) is 25.5 Å². The van der Waals surface area contributed by atoms with Gasteiger partial charge in [0.1, 0.15) is 0 Å². The minimum Gasteiger partial charge on any atom is -0.394 e. The number of fused-ring (bicyclic) bond motifs is 1. The van der Waals surface area contributed by atoms with Gasteiger partial charge in [0, 0.05) is 42.5 Å². The van der Waals surface area contributed by atoms with Gasteiger partial charge >= 0.3 is 0 Å². The summed E-state index contributed by atoms with van der Waals surface area (Å²) in [4.78, 5) is 33.8. The molecule has 4 aromatic rings. The molecule has 4 heterocycles. The van der Waals surface area contributed by atoms with Gasteiger partial charge in [-0.15, -0.1) is 11.3 Å². The monoisotopic (exact) mass is 521 g/mol. The third kappa shape index (κ3) is 5.23. The van der Waals surface area contributed by atoms with Crippen LogP contribution < -0.4 is 16.0 Å². The van der Waals surface area contributed by atoms with Crippen LogP contribution in [0.4, 0.5) is 11.8 Å². The number of nitrogens with two attached hydrogens (primary N) is 1. The molecule has 5 N–H and O–H groups in total. The van der Waals surface area contributed by atoms with Crippen molar-refractivity contribution in [1.29, 1.82) is 0 Å². The number of aliphatic hydroxyl groups excluding tert-OH is 2. The number of thiophene rings is 1. The molecule has 1 aliphatic heterocycles. The predicted molar refractivity (Wildman–Crippen MR) is 141 cm³/mol. The Kier molecular flexibility index (Phi) is 7.24. The quantitative estimate of drug-likeness (QED) is 0.281. The van der Waals surface area contributed by atoms with Crippen LogP contribution in [0.2, 0.25) is 0 Å². The average Bonchev–Trinajstić information content (AvgIpc) is 3.28. The summed E-state index contributed by atoms with van der Waals surface area (Å²) < 4.78 is 6.51. The number of benzene rings is 1. The van der Waals surface area contributed by atoms with Crippen molar-refractivity contribution in [3.8, 4) is 21.8 Å². The van der Waals surface area contributed by atoms with Crippen molar-refractivity contribution >= 4 is 39.2 Å². The van der Waals surface area contributed by atoms with Crippen molar-refractivity contribution in [3.05, 3.63) is 47.8 Å². The minimum absolute atomic E-state index is 0.0302. The molecule has 1 unspecified atom stereocenters. The highest BCUT2D eigenvalue weighted by molar-refractivity contribution is 7.23. The van der Waals surface area contributed by atoms with Gasteiger partial charge in [0.25, 0.3) is 5.91 Å². The fourth-order valence-electron chi connectivity index (χ4n) is 4.10. The summed E-state index contributed by atoms with van der Waals surface area (Å²) in [5.74, 6) is 1.19. The number of nitrogen functional groups attached to an aromatic ring is 1. The number of rotatable bonds is 7. The minimum atomic E-state index is -1.00. The summed E-state index contributed by atoms with van der Waals surface area (Å²) in [5.41, 5.74) is 9.47. The number of hydrogen-bond donors (Lipinski definition) is 4. The Labute approximate surface area is 217 Å². The third-order valence-corrected chi connectivity index (χ3v) is 7.41. The first-order valence-electron chi connectivity index (χ1n) is 11.8. The molecule has 0 spiro atoms. The first-order chi connectivity index (χ1) is 17.9. The molecule has 0 bridgehead atoms. The standard InChI is InChI=1S/C25H27N7O4S/c1-14-19-21(37-20(14)15-3-2-4-16(9-15)24(35)27-12-18(34)13-33)23(32-5-7-36-8-6-32)31-22(30-19)17-10-28-25(26)29-11-17/h2-4,9-11,18,33-34H,5-8,12-13H2,1H3,(H,27,35)(H2,26,28,29). The number of ether oxygens (including phenoxy) is 1. The van der Waals surface area contributed by atoms with Crippen molar-refractivity contribution in [3.63, 3.8) is 0 Å². The van der Waals surface area contributed by atoms with Gasteiger partial charge in [-0.2, -0.15) is 0 Å². The lowest BCUT2D eigenvalue weighted by molar-refractivity contribution is 0.0802. The van der Waals surface area contributed by atoms with Crippen molar-refractivity contribution in [1.82, 2.24) is 25.3 Å². The molecular formula is C25H27N7O4S. The third-order valence-electron chi connectivity index (χ3n) is 6.08. The molecule has 1 amide bonds. The molecule has 1 atom stereocenters. The fraction of sp³-hybridized carbons (Fsp3) is 0.320. The van der Waals surface area contributed by atoms with Crippen LogP contribution in [0.3, 0.4) is 0 Å². The highest BCUT2D eigenvalue weighted by Gasteiger charge is 2.23. The van der Waals surface area contributed by atoms with Crippen molar-refractivity contribution in [2.75, 3.05) is 50.1 Å². The van der Waals surface area contributed by atoms with E-state index in [0.29, 0.717) is 43.3 Å². The summed E-state index contributed by atoms with van der Waals surface area (Å²) in [6.07, 6.45) is 2.23. The van der Waals surface area contributed by atoms with Gasteiger partial charge in [-0.05, 0) is 30.2 Å². The zero-order valence-corrected chi connectivity index (χ0v) is 21.0. The van der Waals surface area contributed by atoms with E-state index in [9.17, 15) is 9.90 Å². The van der Waals surface area contributed by atoms with E-state index in [0.717, 1.165) is 32.0 Å². The molecular weight excluding hydrogens is 494 g/mol. The van der Waals surface area contributed by atoms with E-state index >= 15 is 0 Å². The predicted octanol–water partition coefficient (Wildman–Crippen LogP) is 1.63. The molecule has 37 heavy (non-hydrogen) atoms. The molecule has 192 valence electrons. The van der Waals surface area contributed by atoms with Crippen LogP contribution >= 0.6 is 11.3 Å². The molecule has 1 fully saturated rings. The van der Waals surface area contributed by atoms with Crippen LogP contribution in [0.25, 0.3) is 32.0 Å². The number of morpholine rings is 1. The normalized spacial score (nSPS) is 14.6. The van der Waals surface area contributed by atoms with Crippen LogP contribution in [0.15, 0.2) is 36.7 Å². The number of nitrogens with zero attached hydrogens (tertiary/aromatic N) is 5. The second-order valence-electron chi connectivity index (χ2n) is 8.66. The molecule has 0 radical (unpaired) electrons. The molecule has 3 aromatic heterocycles. The van der Waals surface area contributed by atoms with Crippen LogP contribution in [0.5, 0.6) is 0 Å². The van der Waals surface area contributed by atoms with Crippen LogP contribution in [-0.2, 0) is 4.74 Å². The lowest BCUT2D eigenvalue weighted by atomic mass is 10.1. The SMILES string of the molecule is Cc1c(-c2cccc(C(=O)NCC(O)CO)c2)sc2c(N3CCOCC3)nc(-c3cnc(N)nc3)nc12. The second-order valence-corrected chi connectivity index (χ2v) is 9.68. The topological polar surface area (TPSA) is 160 Å². The number of aliphatic hydroxyl groups is 2. The van der Waals surface area contributed by atoms with E-state index in [1.54, 1.807) is 29.8 Å². The zero-order chi connectivity index (χ0) is 25.9. The average molecular weight is 522 g/mol. The summed E-state index contributed by atoms with van der Waals surface area (Å²) in [5, 5.41) is 21.2. The number of carbonyl (C=O) groups is 1. The van der Waals surface area contributed by atoms with Crippen molar-refractivity contribution < 1.29 is 19.7 Å². The Morgan fingerprint density at radius 2 is 1.97 bits per heavy atom.